The summed E-state index contributed by atoms with van der Waals surface area (Å²) in [5, 5.41) is 8.87. The van der Waals surface area contributed by atoms with E-state index in [1.807, 2.05) is 23.7 Å². The third kappa shape index (κ3) is 1.47. The number of aliphatic hydroxyl groups excluding tert-OH is 1. The topological polar surface area (TPSA) is 76.4 Å². The van der Waals surface area contributed by atoms with Gasteiger partial charge in [-0.05, 0) is 13.0 Å². The lowest BCUT2D eigenvalue weighted by atomic mass is 10.2. The zero-order chi connectivity index (χ0) is 10.1. The number of aryl methyl sites for hydroxylation is 1. The molecule has 0 saturated heterocycles. The SMILES string of the molecule is Cc1cn2ccc(C(N)CO)nc2n1. The van der Waals surface area contributed by atoms with E-state index in [1.54, 1.807) is 6.07 Å². The third-order valence-electron chi connectivity index (χ3n) is 2.04. The molecule has 2 rings (SSSR count). The number of fused-ring (bicyclic) bond motifs is 1. The van der Waals surface area contributed by atoms with E-state index in [0.717, 1.165) is 5.69 Å². The average Bonchev–Trinajstić information content (AvgIpc) is 2.55. The smallest absolute Gasteiger partial charge is 0.234 e. The third-order valence-corrected chi connectivity index (χ3v) is 2.04. The highest BCUT2D eigenvalue weighted by Gasteiger charge is 2.07. The maximum absolute atomic E-state index is 8.87. The van der Waals surface area contributed by atoms with Crippen LogP contribution in [0.1, 0.15) is 17.4 Å². The molecule has 0 aliphatic rings. The summed E-state index contributed by atoms with van der Waals surface area (Å²) in [6.45, 7) is 1.79. The second kappa shape index (κ2) is 3.36. The fraction of sp³-hybridized carbons (Fsp3) is 0.333. The molecule has 3 N–H and O–H groups in total. The number of hydrogen-bond donors (Lipinski definition) is 2. The van der Waals surface area contributed by atoms with Crippen LogP contribution in [0.3, 0.4) is 0 Å². The number of imidazole rings is 1. The van der Waals surface area contributed by atoms with Gasteiger partial charge in [0.25, 0.3) is 0 Å². The quantitative estimate of drug-likeness (QED) is 0.703. The van der Waals surface area contributed by atoms with Gasteiger partial charge in [-0.3, -0.25) is 4.40 Å². The van der Waals surface area contributed by atoms with Crippen LogP contribution in [0.2, 0.25) is 0 Å². The summed E-state index contributed by atoms with van der Waals surface area (Å²) >= 11 is 0. The summed E-state index contributed by atoms with van der Waals surface area (Å²) in [6, 6.07) is 1.35. The van der Waals surface area contributed by atoms with E-state index < -0.39 is 6.04 Å². The highest BCUT2D eigenvalue weighted by Crippen LogP contribution is 2.08. The lowest BCUT2D eigenvalue weighted by molar-refractivity contribution is 0.266. The molecule has 0 amide bonds. The van der Waals surface area contributed by atoms with Gasteiger partial charge < -0.3 is 10.8 Å². The first-order valence-corrected chi connectivity index (χ1v) is 4.39. The molecular weight excluding hydrogens is 180 g/mol. The molecule has 0 aliphatic heterocycles. The highest BCUT2D eigenvalue weighted by molar-refractivity contribution is 5.32. The van der Waals surface area contributed by atoms with Crippen molar-refractivity contribution in [3.8, 4) is 0 Å². The van der Waals surface area contributed by atoms with Crippen LogP contribution in [0.4, 0.5) is 0 Å². The van der Waals surface area contributed by atoms with Gasteiger partial charge in [0.05, 0.1) is 24.0 Å². The van der Waals surface area contributed by atoms with E-state index in [2.05, 4.69) is 9.97 Å². The van der Waals surface area contributed by atoms with Gasteiger partial charge >= 0.3 is 0 Å². The van der Waals surface area contributed by atoms with Crippen molar-refractivity contribution in [1.29, 1.82) is 0 Å². The molecule has 5 heteroatoms. The Kier molecular flexibility index (Phi) is 2.18. The standard InChI is InChI=1S/C9H12N4O/c1-6-4-13-3-2-8(7(10)5-14)12-9(13)11-6/h2-4,7,14H,5,10H2,1H3. The van der Waals surface area contributed by atoms with E-state index in [0.29, 0.717) is 11.5 Å². The van der Waals surface area contributed by atoms with Crippen LogP contribution >= 0.6 is 0 Å². The van der Waals surface area contributed by atoms with Crippen molar-refractivity contribution in [2.45, 2.75) is 13.0 Å². The number of rotatable bonds is 2. The highest BCUT2D eigenvalue weighted by atomic mass is 16.3. The van der Waals surface area contributed by atoms with E-state index in [9.17, 15) is 0 Å². The zero-order valence-electron chi connectivity index (χ0n) is 7.88. The molecule has 0 saturated carbocycles. The summed E-state index contributed by atoms with van der Waals surface area (Å²) in [7, 11) is 0. The summed E-state index contributed by atoms with van der Waals surface area (Å²) < 4.78 is 1.82. The number of nitrogens with zero attached hydrogens (tertiary/aromatic N) is 3. The largest absolute Gasteiger partial charge is 0.394 e. The summed E-state index contributed by atoms with van der Waals surface area (Å²) in [5.41, 5.74) is 7.21. The molecular formula is C9H12N4O. The molecule has 1 unspecified atom stereocenters. The predicted molar refractivity (Wildman–Crippen MR) is 51.7 cm³/mol. The van der Waals surface area contributed by atoms with Gasteiger partial charge in [-0.1, -0.05) is 0 Å². The molecule has 0 aliphatic carbocycles. The van der Waals surface area contributed by atoms with Crippen molar-refractivity contribution in [2.24, 2.45) is 5.73 Å². The number of aliphatic hydroxyl groups is 1. The number of aromatic nitrogens is 3. The second-order valence-corrected chi connectivity index (χ2v) is 3.23. The Balaban J connectivity index is 2.50. The van der Waals surface area contributed by atoms with Crippen LogP contribution in [0.15, 0.2) is 18.5 Å². The molecule has 0 fully saturated rings. The zero-order valence-corrected chi connectivity index (χ0v) is 7.88. The Morgan fingerprint density at radius 3 is 3.07 bits per heavy atom. The fourth-order valence-corrected chi connectivity index (χ4v) is 1.31. The van der Waals surface area contributed by atoms with Crippen LogP contribution in [0, 0.1) is 6.92 Å². The molecule has 5 nitrogen and oxygen atoms in total. The monoisotopic (exact) mass is 192 g/mol. The molecule has 74 valence electrons. The summed E-state index contributed by atoms with van der Waals surface area (Å²) in [4.78, 5) is 8.44. The molecule has 14 heavy (non-hydrogen) atoms. The molecule has 0 radical (unpaired) electrons. The molecule has 2 aromatic heterocycles. The first-order chi connectivity index (χ1) is 6.70. The first kappa shape index (κ1) is 9.11. The molecule has 1 atom stereocenters. The van der Waals surface area contributed by atoms with Crippen molar-refractivity contribution in [1.82, 2.24) is 14.4 Å². The summed E-state index contributed by atoms with van der Waals surface area (Å²) in [6.07, 6.45) is 3.73. The van der Waals surface area contributed by atoms with Crippen LogP contribution in [-0.2, 0) is 0 Å². The van der Waals surface area contributed by atoms with Crippen molar-refractivity contribution in [3.63, 3.8) is 0 Å². The Labute approximate surface area is 81.2 Å². The molecule has 0 spiro atoms. The minimum absolute atomic E-state index is 0.108. The predicted octanol–water partition coefficient (Wildman–Crippen LogP) is 0.0298. The Morgan fingerprint density at radius 2 is 2.36 bits per heavy atom. The van der Waals surface area contributed by atoms with E-state index >= 15 is 0 Å². The normalized spacial score (nSPS) is 13.4. The van der Waals surface area contributed by atoms with Gasteiger partial charge in [0.2, 0.25) is 5.78 Å². The van der Waals surface area contributed by atoms with Crippen LogP contribution in [0.25, 0.3) is 5.78 Å². The van der Waals surface area contributed by atoms with Crippen LogP contribution < -0.4 is 5.73 Å². The summed E-state index contributed by atoms with van der Waals surface area (Å²) in [5.74, 6) is 0.615. The van der Waals surface area contributed by atoms with Gasteiger partial charge in [-0.25, -0.2) is 9.97 Å². The Bertz CT molecular complexity index is 451. The van der Waals surface area contributed by atoms with Gasteiger partial charge in [0.1, 0.15) is 0 Å². The van der Waals surface area contributed by atoms with Gasteiger partial charge in [-0.15, -0.1) is 0 Å². The molecule has 2 heterocycles. The van der Waals surface area contributed by atoms with Gasteiger partial charge in [0.15, 0.2) is 0 Å². The molecule has 0 aromatic carbocycles. The van der Waals surface area contributed by atoms with Crippen LogP contribution in [-0.4, -0.2) is 26.1 Å². The number of hydrogen-bond acceptors (Lipinski definition) is 4. The second-order valence-electron chi connectivity index (χ2n) is 3.23. The van der Waals surface area contributed by atoms with E-state index in [4.69, 9.17) is 10.8 Å². The Morgan fingerprint density at radius 1 is 1.57 bits per heavy atom. The maximum Gasteiger partial charge on any atom is 0.234 e. The molecule has 0 bridgehead atoms. The maximum atomic E-state index is 8.87. The molecule has 2 aromatic rings. The average molecular weight is 192 g/mol. The minimum atomic E-state index is -0.433. The first-order valence-electron chi connectivity index (χ1n) is 4.39. The Hall–Kier alpha value is -1.46. The van der Waals surface area contributed by atoms with Gasteiger partial charge in [0, 0.05) is 12.4 Å². The lowest BCUT2D eigenvalue weighted by Crippen LogP contribution is -2.16. The fourth-order valence-electron chi connectivity index (χ4n) is 1.31. The van der Waals surface area contributed by atoms with Crippen molar-refractivity contribution >= 4 is 5.78 Å². The van der Waals surface area contributed by atoms with E-state index in [1.165, 1.54) is 0 Å². The number of nitrogens with two attached hydrogens (primary N) is 1. The van der Waals surface area contributed by atoms with Crippen molar-refractivity contribution in [3.05, 3.63) is 29.8 Å². The van der Waals surface area contributed by atoms with Crippen LogP contribution in [0.5, 0.6) is 0 Å². The lowest BCUT2D eigenvalue weighted by Gasteiger charge is -2.06. The van der Waals surface area contributed by atoms with E-state index in [-0.39, 0.29) is 6.61 Å². The van der Waals surface area contributed by atoms with Crippen molar-refractivity contribution < 1.29 is 5.11 Å². The van der Waals surface area contributed by atoms with Crippen molar-refractivity contribution in [2.75, 3.05) is 6.61 Å². The van der Waals surface area contributed by atoms with Gasteiger partial charge in [-0.2, -0.15) is 0 Å². The minimum Gasteiger partial charge on any atom is -0.394 e.